The number of carbonyl (C=O) groups is 1. The number of amides is 1. The molecule has 0 saturated carbocycles. The van der Waals surface area contributed by atoms with Gasteiger partial charge in [0, 0.05) is 39.0 Å². The van der Waals surface area contributed by atoms with Crippen molar-refractivity contribution >= 4 is 5.91 Å². The van der Waals surface area contributed by atoms with Crippen LogP contribution in [0.15, 0.2) is 0 Å². The second-order valence-electron chi connectivity index (χ2n) is 4.44. The van der Waals surface area contributed by atoms with E-state index >= 15 is 0 Å². The van der Waals surface area contributed by atoms with Crippen LogP contribution in [0.4, 0.5) is 0 Å². The van der Waals surface area contributed by atoms with Gasteiger partial charge in [-0.1, -0.05) is 13.8 Å². The number of nitrogens with one attached hydrogen (secondary N) is 1. The normalized spacial score (nSPS) is 16.0. The third-order valence-corrected chi connectivity index (χ3v) is 3.18. The van der Waals surface area contributed by atoms with Crippen molar-refractivity contribution in [2.75, 3.05) is 26.2 Å². The molecular formula is C12H21N5O. The highest BCUT2D eigenvalue weighted by Crippen LogP contribution is 2.03. The summed E-state index contributed by atoms with van der Waals surface area (Å²) in [6.07, 6.45) is 1.61. The standard InChI is InChI=1S/C12H21N5O/c1-3-10-14-11(4-2)17(15-10)9-12(18)16-7-5-13-6-8-16/h13H,3-9H2,1-2H3. The van der Waals surface area contributed by atoms with Gasteiger partial charge in [0.2, 0.25) is 5.91 Å². The molecule has 0 aromatic carbocycles. The van der Waals surface area contributed by atoms with Crippen LogP contribution < -0.4 is 5.32 Å². The number of rotatable bonds is 4. The van der Waals surface area contributed by atoms with Crippen LogP contribution in [-0.4, -0.2) is 51.8 Å². The highest BCUT2D eigenvalue weighted by Gasteiger charge is 2.18. The average molecular weight is 251 g/mol. The monoisotopic (exact) mass is 251 g/mol. The van der Waals surface area contributed by atoms with Crippen LogP contribution in [0.3, 0.4) is 0 Å². The maximum atomic E-state index is 12.1. The summed E-state index contributed by atoms with van der Waals surface area (Å²) in [5.41, 5.74) is 0. The van der Waals surface area contributed by atoms with Crippen molar-refractivity contribution in [2.45, 2.75) is 33.2 Å². The Hall–Kier alpha value is -1.43. The number of aryl methyl sites for hydroxylation is 2. The van der Waals surface area contributed by atoms with Crippen molar-refractivity contribution in [3.63, 3.8) is 0 Å². The van der Waals surface area contributed by atoms with E-state index in [1.807, 2.05) is 18.7 Å². The van der Waals surface area contributed by atoms with E-state index in [1.54, 1.807) is 4.68 Å². The van der Waals surface area contributed by atoms with Crippen LogP contribution >= 0.6 is 0 Å². The number of carbonyl (C=O) groups excluding carboxylic acids is 1. The minimum absolute atomic E-state index is 0.138. The predicted octanol–water partition coefficient (Wildman–Crippen LogP) is -0.165. The van der Waals surface area contributed by atoms with Crippen molar-refractivity contribution in [3.8, 4) is 0 Å². The first-order valence-corrected chi connectivity index (χ1v) is 6.65. The minimum Gasteiger partial charge on any atom is -0.339 e. The van der Waals surface area contributed by atoms with Crippen molar-refractivity contribution in [3.05, 3.63) is 11.6 Å². The summed E-state index contributed by atoms with van der Waals surface area (Å²) >= 11 is 0. The Labute approximate surface area is 107 Å². The smallest absolute Gasteiger partial charge is 0.244 e. The molecule has 2 rings (SSSR count). The fourth-order valence-electron chi connectivity index (χ4n) is 2.11. The largest absolute Gasteiger partial charge is 0.339 e. The Morgan fingerprint density at radius 2 is 2.00 bits per heavy atom. The molecule has 0 aliphatic carbocycles. The van der Waals surface area contributed by atoms with Gasteiger partial charge in [-0.2, -0.15) is 5.10 Å². The molecule has 6 heteroatoms. The number of nitrogens with zero attached hydrogens (tertiary/aromatic N) is 4. The summed E-state index contributed by atoms with van der Waals surface area (Å²) in [7, 11) is 0. The Kier molecular flexibility index (Phi) is 4.30. The number of aromatic nitrogens is 3. The first-order chi connectivity index (χ1) is 8.74. The Balaban J connectivity index is 2.03. The van der Waals surface area contributed by atoms with Gasteiger partial charge in [0.05, 0.1) is 0 Å². The van der Waals surface area contributed by atoms with E-state index in [4.69, 9.17) is 0 Å². The molecule has 18 heavy (non-hydrogen) atoms. The topological polar surface area (TPSA) is 63.1 Å². The molecule has 100 valence electrons. The zero-order valence-corrected chi connectivity index (χ0v) is 11.1. The van der Waals surface area contributed by atoms with Crippen molar-refractivity contribution in [1.82, 2.24) is 25.0 Å². The van der Waals surface area contributed by atoms with E-state index in [-0.39, 0.29) is 5.91 Å². The lowest BCUT2D eigenvalue weighted by Crippen LogP contribution is -2.47. The van der Waals surface area contributed by atoms with Gasteiger partial charge in [-0.25, -0.2) is 9.67 Å². The molecule has 1 aliphatic rings. The van der Waals surface area contributed by atoms with Crippen LogP contribution in [-0.2, 0) is 24.2 Å². The summed E-state index contributed by atoms with van der Waals surface area (Å²) in [5.74, 6) is 1.86. The van der Waals surface area contributed by atoms with Gasteiger partial charge in [0.1, 0.15) is 12.4 Å². The fraction of sp³-hybridized carbons (Fsp3) is 0.750. The second kappa shape index (κ2) is 5.95. The molecule has 1 amide bonds. The van der Waals surface area contributed by atoms with Crippen molar-refractivity contribution in [1.29, 1.82) is 0 Å². The molecule has 6 nitrogen and oxygen atoms in total. The number of hydrogen-bond donors (Lipinski definition) is 1. The van der Waals surface area contributed by atoms with Gasteiger partial charge in [-0.3, -0.25) is 4.79 Å². The molecule has 1 saturated heterocycles. The molecule has 1 N–H and O–H groups in total. The molecule has 0 spiro atoms. The lowest BCUT2D eigenvalue weighted by atomic mass is 10.3. The van der Waals surface area contributed by atoms with Gasteiger partial charge in [0.15, 0.2) is 5.82 Å². The van der Waals surface area contributed by atoms with Crippen LogP contribution in [0.25, 0.3) is 0 Å². The molecule has 1 aliphatic heterocycles. The van der Waals surface area contributed by atoms with E-state index in [1.165, 1.54) is 0 Å². The summed E-state index contributed by atoms with van der Waals surface area (Å²) in [6, 6.07) is 0. The lowest BCUT2D eigenvalue weighted by molar-refractivity contribution is -0.132. The Morgan fingerprint density at radius 1 is 1.28 bits per heavy atom. The fourth-order valence-corrected chi connectivity index (χ4v) is 2.11. The number of hydrogen-bond acceptors (Lipinski definition) is 4. The highest BCUT2D eigenvalue weighted by molar-refractivity contribution is 5.76. The first-order valence-electron chi connectivity index (χ1n) is 6.65. The molecule has 1 aromatic rings. The number of piperazine rings is 1. The van der Waals surface area contributed by atoms with Gasteiger partial charge in [0.25, 0.3) is 0 Å². The van der Waals surface area contributed by atoms with E-state index in [0.717, 1.165) is 50.7 Å². The molecule has 0 bridgehead atoms. The lowest BCUT2D eigenvalue weighted by Gasteiger charge is -2.27. The Morgan fingerprint density at radius 3 is 2.61 bits per heavy atom. The Bertz CT molecular complexity index is 409. The zero-order valence-electron chi connectivity index (χ0n) is 11.1. The SMILES string of the molecule is CCc1nc(CC)n(CC(=O)N2CCNCC2)n1. The van der Waals surface area contributed by atoms with Crippen LogP contribution in [0, 0.1) is 0 Å². The van der Waals surface area contributed by atoms with E-state index in [0.29, 0.717) is 6.54 Å². The highest BCUT2D eigenvalue weighted by atomic mass is 16.2. The van der Waals surface area contributed by atoms with Crippen LogP contribution in [0.5, 0.6) is 0 Å². The van der Waals surface area contributed by atoms with Gasteiger partial charge in [-0.15, -0.1) is 0 Å². The second-order valence-corrected chi connectivity index (χ2v) is 4.44. The van der Waals surface area contributed by atoms with E-state index in [2.05, 4.69) is 15.4 Å². The van der Waals surface area contributed by atoms with E-state index in [9.17, 15) is 4.79 Å². The molecule has 1 fully saturated rings. The molecular weight excluding hydrogens is 230 g/mol. The minimum atomic E-state index is 0.138. The quantitative estimate of drug-likeness (QED) is 0.807. The van der Waals surface area contributed by atoms with Gasteiger partial charge >= 0.3 is 0 Å². The van der Waals surface area contributed by atoms with Crippen molar-refractivity contribution < 1.29 is 4.79 Å². The summed E-state index contributed by atoms with van der Waals surface area (Å²) in [5, 5.41) is 7.62. The first kappa shape index (κ1) is 13.0. The molecule has 2 heterocycles. The summed E-state index contributed by atoms with van der Waals surface area (Å²) < 4.78 is 1.75. The van der Waals surface area contributed by atoms with Crippen LogP contribution in [0.2, 0.25) is 0 Å². The molecule has 0 unspecified atom stereocenters. The predicted molar refractivity (Wildman–Crippen MR) is 68.2 cm³/mol. The zero-order chi connectivity index (χ0) is 13.0. The van der Waals surface area contributed by atoms with Gasteiger partial charge in [-0.05, 0) is 0 Å². The third kappa shape index (κ3) is 2.87. The average Bonchev–Trinajstić information content (AvgIpc) is 2.82. The molecule has 0 atom stereocenters. The third-order valence-electron chi connectivity index (χ3n) is 3.18. The maximum absolute atomic E-state index is 12.1. The molecule has 1 aromatic heterocycles. The molecule has 0 radical (unpaired) electrons. The van der Waals surface area contributed by atoms with Gasteiger partial charge < -0.3 is 10.2 Å². The summed E-state index contributed by atoms with van der Waals surface area (Å²) in [6.45, 7) is 7.71. The van der Waals surface area contributed by atoms with Crippen LogP contribution in [0.1, 0.15) is 25.5 Å². The van der Waals surface area contributed by atoms with Crippen molar-refractivity contribution in [2.24, 2.45) is 0 Å². The van der Waals surface area contributed by atoms with E-state index < -0.39 is 0 Å². The maximum Gasteiger partial charge on any atom is 0.244 e. The summed E-state index contributed by atoms with van der Waals surface area (Å²) in [4.78, 5) is 18.4.